The van der Waals surface area contributed by atoms with E-state index in [-0.39, 0.29) is 23.9 Å². The van der Waals surface area contributed by atoms with Gasteiger partial charge in [-0.3, -0.25) is 14.7 Å². The van der Waals surface area contributed by atoms with Crippen molar-refractivity contribution in [2.75, 3.05) is 13.7 Å². The van der Waals surface area contributed by atoms with Crippen LogP contribution < -0.4 is 9.47 Å². The Kier molecular flexibility index (Phi) is 8.68. The average Bonchev–Trinajstić information content (AvgIpc) is 3.23. The number of rotatable bonds is 10. The fourth-order valence-corrected chi connectivity index (χ4v) is 5.63. The molecular weight excluding hydrogens is 575 g/mol. The summed E-state index contributed by atoms with van der Waals surface area (Å²) in [6.45, 7) is 5.69. The fraction of sp³-hybridized carbons (Fsp3) is 0.259. The van der Waals surface area contributed by atoms with E-state index < -0.39 is 5.25 Å². The Labute approximate surface area is 232 Å². The lowest BCUT2D eigenvalue weighted by Crippen LogP contribution is -2.12. The molecule has 0 unspecified atom stereocenters. The standard InChI is InChI=1S/C27H26BrFN4O4S/c1-16-8-9-22(10-17(16)2)33-18(3)30-31-27(33)38-25(14-32(34)35)20-12-23(28)26(24(13-20)36-4)37-15-19-6-5-7-21(29)11-19/h5-13,25H,14-15H2,1-4H3/t25-/m0/s1. The zero-order chi connectivity index (χ0) is 27.4. The second kappa shape index (κ2) is 12.0. The van der Waals surface area contributed by atoms with Crippen molar-refractivity contribution in [3.8, 4) is 17.2 Å². The van der Waals surface area contributed by atoms with Crippen LogP contribution in [0.5, 0.6) is 11.5 Å². The Morgan fingerprint density at radius 1 is 1.11 bits per heavy atom. The molecule has 11 heteroatoms. The Balaban J connectivity index is 1.66. The van der Waals surface area contributed by atoms with E-state index >= 15 is 0 Å². The molecule has 38 heavy (non-hydrogen) atoms. The van der Waals surface area contributed by atoms with Crippen molar-refractivity contribution in [1.82, 2.24) is 14.8 Å². The first-order valence-corrected chi connectivity index (χ1v) is 13.4. The Morgan fingerprint density at radius 2 is 1.89 bits per heavy atom. The molecule has 1 aromatic heterocycles. The van der Waals surface area contributed by atoms with E-state index in [1.807, 2.05) is 43.5 Å². The lowest BCUT2D eigenvalue weighted by molar-refractivity contribution is -0.479. The number of hydrogen-bond acceptors (Lipinski definition) is 7. The van der Waals surface area contributed by atoms with Gasteiger partial charge in [0.2, 0.25) is 6.54 Å². The molecule has 1 heterocycles. The van der Waals surface area contributed by atoms with Crippen LogP contribution in [0.25, 0.3) is 5.69 Å². The van der Waals surface area contributed by atoms with Gasteiger partial charge in [-0.2, -0.15) is 0 Å². The highest BCUT2D eigenvalue weighted by Crippen LogP contribution is 2.43. The lowest BCUT2D eigenvalue weighted by Gasteiger charge is -2.18. The summed E-state index contributed by atoms with van der Waals surface area (Å²) in [4.78, 5) is 11.3. The van der Waals surface area contributed by atoms with Gasteiger partial charge in [0.1, 0.15) is 23.5 Å². The topological polar surface area (TPSA) is 92.3 Å². The molecule has 198 valence electrons. The molecule has 0 amide bonds. The molecule has 0 aliphatic heterocycles. The van der Waals surface area contributed by atoms with Gasteiger partial charge in [0.15, 0.2) is 16.7 Å². The summed E-state index contributed by atoms with van der Waals surface area (Å²) in [6, 6.07) is 15.7. The monoisotopic (exact) mass is 600 g/mol. The molecule has 4 rings (SSSR count). The first-order chi connectivity index (χ1) is 18.2. The van der Waals surface area contributed by atoms with E-state index in [4.69, 9.17) is 9.47 Å². The molecule has 0 fully saturated rings. The van der Waals surface area contributed by atoms with Gasteiger partial charge in [0.25, 0.3) is 0 Å². The second-order valence-corrected chi connectivity index (χ2v) is 10.7. The van der Waals surface area contributed by atoms with E-state index in [9.17, 15) is 14.5 Å². The van der Waals surface area contributed by atoms with E-state index in [0.29, 0.717) is 38.1 Å². The van der Waals surface area contributed by atoms with Crippen LogP contribution in [0.15, 0.2) is 64.2 Å². The molecule has 0 aliphatic rings. The van der Waals surface area contributed by atoms with E-state index in [1.165, 1.54) is 31.0 Å². The number of nitrogens with zero attached hydrogens (tertiary/aromatic N) is 4. The van der Waals surface area contributed by atoms with Gasteiger partial charge in [-0.15, -0.1) is 10.2 Å². The Bertz CT molecular complexity index is 1480. The number of nitro groups is 1. The van der Waals surface area contributed by atoms with Crippen LogP contribution in [0, 0.1) is 36.7 Å². The van der Waals surface area contributed by atoms with Gasteiger partial charge in [0, 0.05) is 10.6 Å². The smallest absolute Gasteiger partial charge is 0.220 e. The number of benzene rings is 3. The number of halogens is 2. The Hall–Kier alpha value is -3.44. The van der Waals surface area contributed by atoms with Crippen molar-refractivity contribution in [3.63, 3.8) is 0 Å². The third kappa shape index (κ3) is 6.33. The number of aromatic nitrogens is 3. The van der Waals surface area contributed by atoms with E-state index in [2.05, 4.69) is 26.1 Å². The van der Waals surface area contributed by atoms with Gasteiger partial charge in [-0.05, 0) is 95.4 Å². The molecule has 0 saturated carbocycles. The minimum absolute atomic E-state index is 0.123. The van der Waals surface area contributed by atoms with Crippen LogP contribution >= 0.6 is 27.7 Å². The molecule has 0 aliphatic carbocycles. The number of aryl methyl sites for hydroxylation is 3. The van der Waals surface area contributed by atoms with Gasteiger partial charge in [0.05, 0.1) is 11.6 Å². The highest BCUT2D eigenvalue weighted by atomic mass is 79.9. The molecule has 0 radical (unpaired) electrons. The maximum atomic E-state index is 13.6. The maximum absolute atomic E-state index is 13.6. The molecule has 4 aromatic rings. The molecule has 0 saturated heterocycles. The second-order valence-electron chi connectivity index (χ2n) is 8.71. The van der Waals surface area contributed by atoms with Gasteiger partial charge in [-0.25, -0.2) is 4.39 Å². The van der Waals surface area contributed by atoms with E-state index in [0.717, 1.165) is 16.8 Å². The third-order valence-electron chi connectivity index (χ3n) is 6.00. The third-order valence-corrected chi connectivity index (χ3v) is 7.77. The van der Waals surface area contributed by atoms with Crippen molar-refractivity contribution in [1.29, 1.82) is 0 Å². The SMILES string of the molecule is COc1cc([C@H](C[N+](=O)[O-])Sc2nnc(C)n2-c2ccc(C)c(C)c2)cc(Br)c1OCc1cccc(F)c1. The van der Waals surface area contributed by atoms with Crippen molar-refractivity contribution in [2.24, 2.45) is 0 Å². The van der Waals surface area contributed by atoms with Crippen molar-refractivity contribution in [3.05, 3.63) is 103 Å². The van der Waals surface area contributed by atoms with Crippen LogP contribution in [-0.2, 0) is 6.61 Å². The quantitative estimate of drug-likeness (QED) is 0.112. The number of methoxy groups -OCH3 is 1. The zero-order valence-corrected chi connectivity index (χ0v) is 23.7. The highest BCUT2D eigenvalue weighted by Gasteiger charge is 2.26. The summed E-state index contributed by atoms with van der Waals surface area (Å²) in [5, 5.41) is 20.2. The predicted molar refractivity (Wildman–Crippen MR) is 147 cm³/mol. The first kappa shape index (κ1) is 27.6. The number of hydrogen-bond donors (Lipinski definition) is 0. The fourth-order valence-electron chi connectivity index (χ4n) is 3.90. The largest absolute Gasteiger partial charge is 0.493 e. The van der Waals surface area contributed by atoms with Gasteiger partial charge < -0.3 is 9.47 Å². The normalized spacial score (nSPS) is 11.8. The molecule has 0 N–H and O–H groups in total. The maximum Gasteiger partial charge on any atom is 0.220 e. The van der Waals surface area contributed by atoms with Crippen molar-refractivity contribution < 1.29 is 18.8 Å². The van der Waals surface area contributed by atoms with Gasteiger partial charge >= 0.3 is 0 Å². The van der Waals surface area contributed by atoms with Crippen molar-refractivity contribution >= 4 is 27.7 Å². The average molecular weight is 601 g/mol. The summed E-state index contributed by atoms with van der Waals surface area (Å²) in [7, 11) is 1.50. The van der Waals surface area contributed by atoms with E-state index in [1.54, 1.807) is 24.3 Å². The summed E-state index contributed by atoms with van der Waals surface area (Å²) in [5.41, 5.74) is 4.48. The summed E-state index contributed by atoms with van der Waals surface area (Å²) in [6.07, 6.45) is 0. The number of ether oxygens (including phenoxy) is 2. The number of thioether (sulfide) groups is 1. The van der Waals surface area contributed by atoms with Crippen molar-refractivity contribution in [2.45, 2.75) is 37.8 Å². The molecule has 3 aromatic carbocycles. The van der Waals surface area contributed by atoms with Gasteiger partial charge in [-0.1, -0.05) is 30.0 Å². The summed E-state index contributed by atoms with van der Waals surface area (Å²) >= 11 is 4.78. The minimum Gasteiger partial charge on any atom is -0.493 e. The van der Waals surface area contributed by atoms with Crippen LogP contribution in [0.1, 0.15) is 33.3 Å². The first-order valence-electron chi connectivity index (χ1n) is 11.7. The predicted octanol–water partition coefficient (Wildman–Crippen LogP) is 6.79. The van der Waals surface area contributed by atoms with Crippen LogP contribution in [0.2, 0.25) is 0 Å². The summed E-state index contributed by atoms with van der Waals surface area (Å²) < 4.78 is 27.5. The molecular formula is C27H26BrFN4O4S. The van der Waals surface area contributed by atoms with Crippen LogP contribution in [-0.4, -0.2) is 33.3 Å². The molecule has 0 bridgehead atoms. The minimum atomic E-state index is -0.596. The van der Waals surface area contributed by atoms with Crippen LogP contribution in [0.3, 0.4) is 0 Å². The lowest BCUT2D eigenvalue weighted by atomic mass is 10.1. The molecule has 0 spiro atoms. The van der Waals surface area contributed by atoms with Crippen LogP contribution in [0.4, 0.5) is 4.39 Å². The molecule has 1 atom stereocenters. The highest BCUT2D eigenvalue weighted by molar-refractivity contribution is 9.10. The zero-order valence-electron chi connectivity index (χ0n) is 21.3. The Morgan fingerprint density at radius 3 is 2.58 bits per heavy atom. The molecule has 8 nitrogen and oxygen atoms in total. The summed E-state index contributed by atoms with van der Waals surface area (Å²) in [5.74, 6) is 1.14.